The van der Waals surface area contributed by atoms with Crippen LogP contribution in [0.5, 0.6) is 11.5 Å². The van der Waals surface area contributed by atoms with Crippen LogP contribution < -0.4 is 9.47 Å². The lowest BCUT2D eigenvalue weighted by atomic mass is 9.97. The molecule has 3 aromatic carbocycles. The third kappa shape index (κ3) is 4.11. The van der Waals surface area contributed by atoms with E-state index >= 15 is 0 Å². The number of halogens is 2. The summed E-state index contributed by atoms with van der Waals surface area (Å²) in [6.07, 6.45) is 0.475. The molecule has 4 rings (SSSR count). The fourth-order valence-corrected chi connectivity index (χ4v) is 4.12. The van der Waals surface area contributed by atoms with Crippen LogP contribution in [0.25, 0.3) is 0 Å². The maximum atomic E-state index is 13.4. The molecule has 1 amide bonds. The Bertz CT molecular complexity index is 1160. The highest BCUT2D eigenvalue weighted by atomic mass is 35.5. The number of carbonyl (C=O) groups is 1. The van der Waals surface area contributed by atoms with E-state index in [2.05, 4.69) is 0 Å². The molecule has 1 aliphatic rings. The molecule has 1 heterocycles. The molecule has 5 nitrogen and oxygen atoms in total. The van der Waals surface area contributed by atoms with Crippen molar-refractivity contribution in [3.63, 3.8) is 0 Å². The summed E-state index contributed by atoms with van der Waals surface area (Å²) in [6.45, 7) is 0. The molecule has 0 fully saturated rings. The van der Waals surface area contributed by atoms with Crippen molar-refractivity contribution >= 4 is 34.8 Å². The number of methoxy groups -OCH3 is 2. The number of benzene rings is 3. The fraction of sp³-hybridized carbons (Fsp3) is 0.167. The van der Waals surface area contributed by atoms with Gasteiger partial charge in [-0.15, -0.1) is 0 Å². The first-order valence-electron chi connectivity index (χ1n) is 9.66. The van der Waals surface area contributed by atoms with E-state index in [1.807, 2.05) is 30.3 Å². The van der Waals surface area contributed by atoms with Gasteiger partial charge in [-0.25, -0.2) is 5.01 Å². The van der Waals surface area contributed by atoms with Gasteiger partial charge >= 0.3 is 0 Å². The summed E-state index contributed by atoms with van der Waals surface area (Å²) in [4.78, 5) is 13.4. The normalized spacial score (nSPS) is 15.5. The van der Waals surface area contributed by atoms with Crippen molar-refractivity contribution in [3.05, 3.63) is 93.5 Å². The average Bonchev–Trinajstić information content (AvgIpc) is 3.23. The molecule has 7 heteroatoms. The van der Waals surface area contributed by atoms with Crippen molar-refractivity contribution in [1.29, 1.82) is 0 Å². The SMILES string of the molecule is COc1ccc(C2=NN(C(=O)c3ccccc3Cl)C(c3ccccc3Cl)C2)c(OC)c1. The Kier molecular flexibility index (Phi) is 6.16. The van der Waals surface area contributed by atoms with Crippen LogP contribution in [0.1, 0.15) is 33.9 Å². The summed E-state index contributed by atoms with van der Waals surface area (Å²) < 4.78 is 10.8. The summed E-state index contributed by atoms with van der Waals surface area (Å²) in [5.41, 5.74) is 2.70. The Morgan fingerprint density at radius 3 is 2.35 bits per heavy atom. The molecule has 3 aromatic rings. The molecule has 0 saturated heterocycles. The van der Waals surface area contributed by atoms with Crippen LogP contribution in [-0.4, -0.2) is 30.8 Å². The number of hydrogen-bond donors (Lipinski definition) is 0. The molecule has 1 unspecified atom stereocenters. The predicted octanol–water partition coefficient (Wildman–Crippen LogP) is 6.00. The van der Waals surface area contributed by atoms with Gasteiger partial charge in [0.05, 0.1) is 36.6 Å². The van der Waals surface area contributed by atoms with E-state index in [9.17, 15) is 4.79 Å². The molecule has 0 aliphatic carbocycles. The average molecular weight is 455 g/mol. The first kappa shape index (κ1) is 21.2. The number of carbonyl (C=O) groups excluding carboxylic acids is 1. The molecule has 0 radical (unpaired) electrons. The Labute approximate surface area is 190 Å². The standard InChI is InChI=1S/C24H20Cl2N2O3/c1-30-15-11-12-18(23(13-15)31-2)21-14-22(16-7-3-5-9-19(16)25)28(27-21)24(29)17-8-4-6-10-20(17)26/h3-13,22H,14H2,1-2H3. The largest absolute Gasteiger partial charge is 0.497 e. The monoisotopic (exact) mass is 454 g/mol. The van der Waals surface area contributed by atoms with Crippen LogP contribution in [0.15, 0.2) is 71.8 Å². The molecule has 1 aliphatic heterocycles. The third-order valence-electron chi connectivity index (χ3n) is 5.21. The van der Waals surface area contributed by atoms with Crippen molar-refractivity contribution in [3.8, 4) is 11.5 Å². The maximum absolute atomic E-state index is 13.4. The molecule has 1 atom stereocenters. The van der Waals surface area contributed by atoms with Gasteiger partial charge in [0.15, 0.2) is 0 Å². The van der Waals surface area contributed by atoms with Crippen LogP contribution in [-0.2, 0) is 0 Å². The number of hydrogen-bond acceptors (Lipinski definition) is 4. The Hall–Kier alpha value is -3.02. The number of rotatable bonds is 5. The predicted molar refractivity (Wildman–Crippen MR) is 123 cm³/mol. The summed E-state index contributed by atoms with van der Waals surface area (Å²) in [5, 5.41) is 7.10. The van der Waals surface area contributed by atoms with E-state index in [-0.39, 0.29) is 11.9 Å². The second kappa shape index (κ2) is 9.00. The summed E-state index contributed by atoms with van der Waals surface area (Å²) in [7, 11) is 3.19. The van der Waals surface area contributed by atoms with Crippen molar-refractivity contribution in [1.82, 2.24) is 5.01 Å². The first-order chi connectivity index (χ1) is 15.0. The lowest BCUT2D eigenvalue weighted by Crippen LogP contribution is -2.27. The zero-order chi connectivity index (χ0) is 22.0. The van der Waals surface area contributed by atoms with Crippen LogP contribution >= 0.6 is 23.2 Å². The topological polar surface area (TPSA) is 51.1 Å². The number of amides is 1. The van der Waals surface area contributed by atoms with Gasteiger partial charge in [-0.05, 0) is 35.9 Å². The first-order valence-corrected chi connectivity index (χ1v) is 10.4. The van der Waals surface area contributed by atoms with E-state index in [1.54, 1.807) is 50.6 Å². The third-order valence-corrected chi connectivity index (χ3v) is 5.88. The van der Waals surface area contributed by atoms with Crippen LogP contribution in [0.2, 0.25) is 10.0 Å². The molecule has 31 heavy (non-hydrogen) atoms. The second-order valence-corrected chi connectivity index (χ2v) is 7.80. The van der Waals surface area contributed by atoms with Gasteiger partial charge in [-0.1, -0.05) is 53.5 Å². The van der Waals surface area contributed by atoms with Crippen LogP contribution in [0, 0.1) is 0 Å². The highest BCUT2D eigenvalue weighted by Crippen LogP contribution is 2.39. The summed E-state index contributed by atoms with van der Waals surface area (Å²) in [5.74, 6) is 0.993. The Morgan fingerprint density at radius 1 is 0.968 bits per heavy atom. The zero-order valence-electron chi connectivity index (χ0n) is 17.0. The fourth-order valence-electron chi connectivity index (χ4n) is 3.64. The molecule has 0 aromatic heterocycles. The molecule has 0 bridgehead atoms. The number of hydrazone groups is 1. The van der Waals surface area contributed by atoms with Crippen molar-refractivity contribution < 1.29 is 14.3 Å². The van der Waals surface area contributed by atoms with Crippen molar-refractivity contribution in [2.45, 2.75) is 12.5 Å². The van der Waals surface area contributed by atoms with Gasteiger partial charge in [0, 0.05) is 23.1 Å². The Balaban J connectivity index is 1.80. The van der Waals surface area contributed by atoms with E-state index in [1.165, 1.54) is 5.01 Å². The molecular formula is C24H20Cl2N2O3. The minimum atomic E-state index is -0.376. The number of ether oxygens (including phenoxy) is 2. The van der Waals surface area contributed by atoms with Crippen molar-refractivity contribution in [2.24, 2.45) is 5.10 Å². The Morgan fingerprint density at radius 2 is 1.68 bits per heavy atom. The van der Waals surface area contributed by atoms with Crippen molar-refractivity contribution in [2.75, 3.05) is 14.2 Å². The van der Waals surface area contributed by atoms with Gasteiger partial charge in [-0.2, -0.15) is 5.10 Å². The molecule has 0 saturated carbocycles. The van der Waals surface area contributed by atoms with E-state index in [4.69, 9.17) is 37.8 Å². The highest BCUT2D eigenvalue weighted by molar-refractivity contribution is 6.34. The van der Waals surface area contributed by atoms with Crippen LogP contribution in [0.3, 0.4) is 0 Å². The van der Waals surface area contributed by atoms with Gasteiger partial charge in [0.25, 0.3) is 5.91 Å². The summed E-state index contributed by atoms with van der Waals surface area (Å²) >= 11 is 12.8. The molecule has 0 spiro atoms. The smallest absolute Gasteiger partial charge is 0.276 e. The van der Waals surface area contributed by atoms with E-state index in [0.29, 0.717) is 39.2 Å². The zero-order valence-corrected chi connectivity index (χ0v) is 18.5. The highest BCUT2D eigenvalue weighted by Gasteiger charge is 2.36. The lowest BCUT2D eigenvalue weighted by molar-refractivity contribution is 0.0711. The van der Waals surface area contributed by atoms with Gasteiger partial charge in [0.1, 0.15) is 11.5 Å². The second-order valence-electron chi connectivity index (χ2n) is 6.98. The molecule has 0 N–H and O–H groups in total. The quantitative estimate of drug-likeness (QED) is 0.474. The van der Waals surface area contributed by atoms with Gasteiger partial charge in [-0.3, -0.25) is 4.79 Å². The molecular weight excluding hydrogens is 435 g/mol. The minimum Gasteiger partial charge on any atom is -0.497 e. The summed E-state index contributed by atoms with van der Waals surface area (Å²) in [6, 6.07) is 19.5. The van der Waals surface area contributed by atoms with E-state index < -0.39 is 0 Å². The maximum Gasteiger partial charge on any atom is 0.276 e. The van der Waals surface area contributed by atoms with Gasteiger partial charge in [0.2, 0.25) is 0 Å². The lowest BCUT2D eigenvalue weighted by Gasteiger charge is -2.23. The van der Waals surface area contributed by atoms with E-state index in [0.717, 1.165) is 11.1 Å². The number of nitrogens with zero attached hydrogens (tertiary/aromatic N) is 2. The minimum absolute atomic E-state index is 0.294. The van der Waals surface area contributed by atoms with Crippen LogP contribution in [0.4, 0.5) is 0 Å². The molecule has 158 valence electrons. The van der Waals surface area contributed by atoms with Gasteiger partial charge < -0.3 is 9.47 Å².